The van der Waals surface area contributed by atoms with Gasteiger partial charge in [0.25, 0.3) is 0 Å². The number of hydrogen-bond donors (Lipinski definition) is 3. The Morgan fingerprint density at radius 2 is 2.30 bits per heavy atom. The normalized spacial score (nSPS) is 13.4. The van der Waals surface area contributed by atoms with Gasteiger partial charge >= 0.3 is 5.97 Å². The number of carbonyl (C=O) groups is 1. The number of nitrogens with one attached hydrogen (secondary N) is 2. The summed E-state index contributed by atoms with van der Waals surface area (Å²) in [4.78, 5) is 17.8. The van der Waals surface area contributed by atoms with Crippen molar-refractivity contribution in [2.75, 3.05) is 0 Å². The fourth-order valence-electron chi connectivity index (χ4n) is 1.93. The summed E-state index contributed by atoms with van der Waals surface area (Å²) in [6.07, 6.45) is 3.65. The van der Waals surface area contributed by atoms with Gasteiger partial charge < -0.3 is 10.1 Å². The Bertz CT molecular complexity index is 723. The largest absolute Gasteiger partial charge is 0.480 e. The molecule has 0 unspecified atom stereocenters. The minimum atomic E-state index is -3.91. The Labute approximate surface area is 116 Å². The van der Waals surface area contributed by atoms with E-state index >= 15 is 0 Å². The van der Waals surface area contributed by atoms with Gasteiger partial charge in [0.1, 0.15) is 16.6 Å². The summed E-state index contributed by atoms with van der Waals surface area (Å²) in [7, 11) is -3.91. The molecular weight excluding hydrogens is 282 g/mol. The Morgan fingerprint density at radius 1 is 1.55 bits per heavy atom. The molecule has 2 rings (SSSR count). The summed E-state index contributed by atoms with van der Waals surface area (Å²) in [5.74, 6) is -1.19. The van der Waals surface area contributed by atoms with Crippen LogP contribution >= 0.6 is 0 Å². The van der Waals surface area contributed by atoms with E-state index in [1.807, 2.05) is 0 Å². The number of carboxylic acids is 1. The van der Waals surface area contributed by atoms with Crippen molar-refractivity contribution in [2.45, 2.75) is 30.7 Å². The van der Waals surface area contributed by atoms with Gasteiger partial charge in [-0.1, -0.05) is 13.3 Å². The molecule has 0 amide bonds. The summed E-state index contributed by atoms with van der Waals surface area (Å²) in [5, 5.41) is 9.46. The van der Waals surface area contributed by atoms with Crippen LogP contribution in [0.15, 0.2) is 29.4 Å². The summed E-state index contributed by atoms with van der Waals surface area (Å²) < 4.78 is 26.8. The minimum absolute atomic E-state index is 0.00273. The lowest BCUT2D eigenvalue weighted by molar-refractivity contribution is -0.139. The second kappa shape index (κ2) is 5.59. The van der Waals surface area contributed by atoms with Crippen LogP contribution in [-0.4, -0.2) is 35.5 Å². The Kier molecular flexibility index (Phi) is 4.05. The van der Waals surface area contributed by atoms with E-state index in [9.17, 15) is 13.2 Å². The molecule has 0 aromatic carbocycles. The van der Waals surface area contributed by atoms with Crippen LogP contribution in [0.4, 0.5) is 0 Å². The molecule has 0 saturated heterocycles. The third-order valence-corrected chi connectivity index (χ3v) is 4.39. The van der Waals surface area contributed by atoms with E-state index in [1.54, 1.807) is 25.3 Å². The highest BCUT2D eigenvalue weighted by Crippen LogP contribution is 2.21. The Balaban J connectivity index is 2.37. The highest BCUT2D eigenvalue weighted by Gasteiger charge is 2.26. The maximum absolute atomic E-state index is 12.3. The third-order valence-electron chi connectivity index (χ3n) is 2.88. The van der Waals surface area contributed by atoms with Crippen LogP contribution in [0.25, 0.3) is 11.0 Å². The molecular formula is C12H15N3O4S. The van der Waals surface area contributed by atoms with Crippen LogP contribution in [0.2, 0.25) is 0 Å². The molecule has 2 aromatic heterocycles. The molecule has 0 fully saturated rings. The summed E-state index contributed by atoms with van der Waals surface area (Å²) in [6.45, 7) is 1.79. The number of H-pyrrole nitrogens is 1. The molecule has 20 heavy (non-hydrogen) atoms. The van der Waals surface area contributed by atoms with Crippen molar-refractivity contribution in [1.82, 2.24) is 14.7 Å². The van der Waals surface area contributed by atoms with E-state index in [0.717, 1.165) is 0 Å². The van der Waals surface area contributed by atoms with Crippen LogP contribution < -0.4 is 4.72 Å². The number of nitrogens with zero attached hydrogens (tertiary/aromatic N) is 1. The van der Waals surface area contributed by atoms with E-state index < -0.39 is 22.0 Å². The van der Waals surface area contributed by atoms with Gasteiger partial charge in [-0.2, -0.15) is 4.72 Å². The Hall–Kier alpha value is -1.93. The van der Waals surface area contributed by atoms with Gasteiger partial charge in [0.05, 0.1) is 0 Å². The SMILES string of the molecule is CCC[C@H](NS(=O)(=O)c1c[nH]c2ncccc12)C(=O)O. The van der Waals surface area contributed by atoms with Crippen molar-refractivity contribution in [2.24, 2.45) is 0 Å². The number of sulfonamides is 1. The number of rotatable bonds is 6. The summed E-state index contributed by atoms with van der Waals surface area (Å²) in [6, 6.07) is 2.10. The quantitative estimate of drug-likeness (QED) is 0.739. The van der Waals surface area contributed by atoms with Crippen LogP contribution in [0.5, 0.6) is 0 Å². The molecule has 7 nitrogen and oxygen atoms in total. The fraction of sp³-hybridized carbons (Fsp3) is 0.333. The number of pyridine rings is 1. The van der Waals surface area contributed by atoms with Crippen molar-refractivity contribution in [3.05, 3.63) is 24.5 Å². The van der Waals surface area contributed by atoms with E-state index in [0.29, 0.717) is 17.5 Å². The number of aliphatic carboxylic acids is 1. The molecule has 0 aliphatic heterocycles. The molecule has 0 saturated carbocycles. The number of aromatic nitrogens is 2. The second-order valence-electron chi connectivity index (χ2n) is 4.35. The van der Waals surface area contributed by atoms with Gasteiger partial charge in [0.2, 0.25) is 10.0 Å². The maximum Gasteiger partial charge on any atom is 0.321 e. The van der Waals surface area contributed by atoms with Gasteiger partial charge in [0.15, 0.2) is 0 Å². The lowest BCUT2D eigenvalue weighted by Crippen LogP contribution is -2.40. The predicted molar refractivity (Wildman–Crippen MR) is 72.7 cm³/mol. The molecule has 0 radical (unpaired) electrons. The molecule has 2 aromatic rings. The zero-order valence-corrected chi connectivity index (χ0v) is 11.6. The lowest BCUT2D eigenvalue weighted by Gasteiger charge is -2.13. The highest BCUT2D eigenvalue weighted by molar-refractivity contribution is 7.89. The van der Waals surface area contributed by atoms with Crippen LogP contribution in [0.1, 0.15) is 19.8 Å². The lowest BCUT2D eigenvalue weighted by atomic mass is 10.2. The minimum Gasteiger partial charge on any atom is -0.480 e. The predicted octanol–water partition coefficient (Wildman–Crippen LogP) is 1.09. The molecule has 8 heteroatoms. The average Bonchev–Trinajstić information content (AvgIpc) is 2.82. The molecule has 0 spiro atoms. The average molecular weight is 297 g/mol. The van der Waals surface area contributed by atoms with E-state index in [2.05, 4.69) is 14.7 Å². The number of aromatic amines is 1. The van der Waals surface area contributed by atoms with Crippen molar-refractivity contribution in [1.29, 1.82) is 0 Å². The summed E-state index contributed by atoms with van der Waals surface area (Å²) >= 11 is 0. The number of hydrogen-bond acceptors (Lipinski definition) is 4. The second-order valence-corrected chi connectivity index (χ2v) is 6.04. The van der Waals surface area contributed by atoms with Gasteiger partial charge in [-0.25, -0.2) is 13.4 Å². The smallest absolute Gasteiger partial charge is 0.321 e. The van der Waals surface area contributed by atoms with E-state index in [4.69, 9.17) is 5.11 Å². The molecule has 2 heterocycles. The zero-order valence-electron chi connectivity index (χ0n) is 10.8. The van der Waals surface area contributed by atoms with Crippen LogP contribution in [0.3, 0.4) is 0 Å². The van der Waals surface area contributed by atoms with Crippen LogP contribution in [-0.2, 0) is 14.8 Å². The highest BCUT2D eigenvalue weighted by atomic mass is 32.2. The van der Waals surface area contributed by atoms with Crippen molar-refractivity contribution < 1.29 is 18.3 Å². The first-order valence-electron chi connectivity index (χ1n) is 6.13. The summed E-state index contributed by atoms with van der Waals surface area (Å²) in [5.41, 5.74) is 0.440. The maximum atomic E-state index is 12.3. The first-order valence-corrected chi connectivity index (χ1v) is 7.61. The van der Waals surface area contributed by atoms with E-state index in [1.165, 1.54) is 6.20 Å². The van der Waals surface area contributed by atoms with Gasteiger partial charge in [-0.3, -0.25) is 4.79 Å². The number of fused-ring (bicyclic) bond motifs is 1. The first-order chi connectivity index (χ1) is 9.45. The molecule has 0 aliphatic rings. The fourth-order valence-corrected chi connectivity index (χ4v) is 3.31. The van der Waals surface area contributed by atoms with Crippen molar-refractivity contribution >= 4 is 27.0 Å². The van der Waals surface area contributed by atoms with Crippen molar-refractivity contribution in [3.63, 3.8) is 0 Å². The monoisotopic (exact) mass is 297 g/mol. The van der Waals surface area contributed by atoms with Crippen molar-refractivity contribution in [3.8, 4) is 0 Å². The Morgan fingerprint density at radius 3 is 2.95 bits per heavy atom. The van der Waals surface area contributed by atoms with Gasteiger partial charge in [-0.15, -0.1) is 0 Å². The molecule has 1 atom stereocenters. The molecule has 108 valence electrons. The van der Waals surface area contributed by atoms with E-state index in [-0.39, 0.29) is 11.3 Å². The first kappa shape index (κ1) is 14.5. The van der Waals surface area contributed by atoms with Gasteiger partial charge in [-0.05, 0) is 18.6 Å². The molecule has 3 N–H and O–H groups in total. The molecule has 0 bridgehead atoms. The number of carboxylic acid groups (broad SMARTS) is 1. The van der Waals surface area contributed by atoms with Crippen LogP contribution in [0, 0.1) is 0 Å². The standard InChI is InChI=1S/C12H15N3O4S/c1-2-4-9(12(16)17)15-20(18,19)10-7-14-11-8(10)5-3-6-13-11/h3,5-7,9,15H,2,4H2,1H3,(H,13,14)(H,16,17)/t9-/m0/s1. The topological polar surface area (TPSA) is 112 Å². The third kappa shape index (κ3) is 2.81. The zero-order chi connectivity index (χ0) is 14.8. The molecule has 0 aliphatic carbocycles. The van der Waals surface area contributed by atoms with Gasteiger partial charge in [0, 0.05) is 17.8 Å².